The maximum absolute atomic E-state index is 13.7. The summed E-state index contributed by atoms with van der Waals surface area (Å²) < 4.78 is 13.7. The molecule has 0 amide bonds. The fourth-order valence-corrected chi connectivity index (χ4v) is 2.01. The van der Waals surface area contributed by atoms with Crippen molar-refractivity contribution in [1.29, 1.82) is 0 Å². The van der Waals surface area contributed by atoms with Crippen LogP contribution in [-0.2, 0) is 0 Å². The van der Waals surface area contributed by atoms with Gasteiger partial charge in [0.1, 0.15) is 11.6 Å². The van der Waals surface area contributed by atoms with Crippen molar-refractivity contribution in [2.75, 3.05) is 0 Å². The summed E-state index contributed by atoms with van der Waals surface area (Å²) in [6.07, 6.45) is 1.68. The number of aromatic amines is 1. The highest BCUT2D eigenvalue weighted by molar-refractivity contribution is 6.30. The summed E-state index contributed by atoms with van der Waals surface area (Å²) in [6, 6.07) is 6.25. The molecule has 0 spiro atoms. The zero-order valence-electron chi connectivity index (χ0n) is 9.54. The Labute approximate surface area is 108 Å². The van der Waals surface area contributed by atoms with Crippen molar-refractivity contribution < 1.29 is 4.39 Å². The van der Waals surface area contributed by atoms with Crippen LogP contribution in [0, 0.1) is 12.7 Å². The first-order valence-electron chi connectivity index (χ1n) is 5.42. The smallest absolute Gasteiger partial charge is 0.178 e. The van der Waals surface area contributed by atoms with Crippen LogP contribution in [0.1, 0.15) is 5.56 Å². The lowest BCUT2D eigenvalue weighted by atomic mass is 10.2. The molecule has 2 heterocycles. The number of nitrogens with zero attached hydrogens (tertiary/aromatic N) is 2. The monoisotopic (exact) mass is 261 g/mol. The minimum atomic E-state index is -0.365. The number of pyridine rings is 1. The molecule has 1 N–H and O–H groups in total. The van der Waals surface area contributed by atoms with Crippen LogP contribution in [0.25, 0.3) is 22.6 Å². The Balaban J connectivity index is 2.26. The topological polar surface area (TPSA) is 41.6 Å². The third-order valence-electron chi connectivity index (χ3n) is 2.78. The molecule has 5 heteroatoms. The number of imidazole rings is 1. The number of H-pyrrole nitrogens is 1. The molecule has 0 aliphatic rings. The van der Waals surface area contributed by atoms with E-state index in [1.54, 1.807) is 12.3 Å². The largest absolute Gasteiger partial charge is 0.336 e. The van der Waals surface area contributed by atoms with Crippen molar-refractivity contribution in [3.05, 3.63) is 46.9 Å². The van der Waals surface area contributed by atoms with Crippen LogP contribution in [0.4, 0.5) is 4.39 Å². The molecule has 3 aromatic rings. The lowest BCUT2D eigenvalue weighted by Crippen LogP contribution is -1.86. The molecule has 0 atom stereocenters. The Morgan fingerprint density at radius 2 is 2.11 bits per heavy atom. The van der Waals surface area contributed by atoms with Gasteiger partial charge in [-0.2, -0.15) is 0 Å². The molecule has 0 radical (unpaired) electrons. The number of aryl methyl sites for hydroxylation is 1. The van der Waals surface area contributed by atoms with E-state index in [9.17, 15) is 4.39 Å². The van der Waals surface area contributed by atoms with Gasteiger partial charge in [-0.1, -0.05) is 11.6 Å². The summed E-state index contributed by atoms with van der Waals surface area (Å²) in [5.74, 6) is 0.0721. The predicted octanol–water partition coefficient (Wildman–Crippen LogP) is 3.73. The van der Waals surface area contributed by atoms with E-state index >= 15 is 0 Å². The molecule has 0 fully saturated rings. The lowest BCUT2D eigenvalue weighted by molar-refractivity contribution is 0.630. The second-order valence-corrected chi connectivity index (χ2v) is 4.47. The average molecular weight is 262 g/mol. The van der Waals surface area contributed by atoms with Gasteiger partial charge in [0.05, 0.1) is 11.1 Å². The van der Waals surface area contributed by atoms with Crippen LogP contribution in [-0.4, -0.2) is 15.0 Å². The van der Waals surface area contributed by atoms with Crippen molar-refractivity contribution in [2.24, 2.45) is 0 Å². The number of halogens is 2. The molecule has 3 nitrogen and oxygen atoms in total. The normalized spacial score (nSPS) is 11.1. The second kappa shape index (κ2) is 4.07. The molecule has 0 saturated carbocycles. The number of rotatable bonds is 1. The van der Waals surface area contributed by atoms with Crippen LogP contribution in [0.15, 0.2) is 30.5 Å². The van der Waals surface area contributed by atoms with Crippen molar-refractivity contribution >= 4 is 22.8 Å². The van der Waals surface area contributed by atoms with Gasteiger partial charge in [0.2, 0.25) is 0 Å². The second-order valence-electron chi connectivity index (χ2n) is 4.04. The number of hydrogen-bond donors (Lipinski definition) is 1. The first-order valence-corrected chi connectivity index (χ1v) is 5.79. The molecular weight excluding hydrogens is 253 g/mol. The lowest BCUT2D eigenvalue weighted by Gasteiger charge is -1.99. The van der Waals surface area contributed by atoms with Gasteiger partial charge in [0.25, 0.3) is 0 Å². The predicted molar refractivity (Wildman–Crippen MR) is 69.0 cm³/mol. The summed E-state index contributed by atoms with van der Waals surface area (Å²) in [7, 11) is 0. The summed E-state index contributed by atoms with van der Waals surface area (Å²) in [4.78, 5) is 11.5. The summed E-state index contributed by atoms with van der Waals surface area (Å²) >= 11 is 5.87. The molecule has 3 rings (SSSR count). The van der Waals surface area contributed by atoms with E-state index in [-0.39, 0.29) is 5.82 Å². The maximum Gasteiger partial charge on any atom is 0.178 e. The molecule has 0 aliphatic heterocycles. The number of benzene rings is 1. The SMILES string of the molecule is Cc1ccnc2nc(-c3cc(Cl)ccc3F)[nH]c12. The number of fused-ring (bicyclic) bond motifs is 1. The van der Waals surface area contributed by atoms with Gasteiger partial charge >= 0.3 is 0 Å². The van der Waals surface area contributed by atoms with Crippen LogP contribution in [0.2, 0.25) is 5.02 Å². The van der Waals surface area contributed by atoms with Crippen molar-refractivity contribution in [1.82, 2.24) is 15.0 Å². The Morgan fingerprint density at radius 1 is 1.28 bits per heavy atom. The molecule has 2 aromatic heterocycles. The average Bonchev–Trinajstić information content (AvgIpc) is 2.77. The van der Waals surface area contributed by atoms with Crippen molar-refractivity contribution in [3.63, 3.8) is 0 Å². The molecule has 0 unspecified atom stereocenters. The standard InChI is InChI=1S/C13H9ClFN3/c1-7-4-5-16-13-11(7)17-12(18-13)9-6-8(14)2-3-10(9)15/h2-6H,1H3,(H,16,17,18). The zero-order valence-corrected chi connectivity index (χ0v) is 10.3. The van der Waals surface area contributed by atoms with Crippen molar-refractivity contribution in [3.8, 4) is 11.4 Å². The van der Waals surface area contributed by atoms with Crippen LogP contribution in [0.5, 0.6) is 0 Å². The summed E-state index contributed by atoms with van der Waals surface area (Å²) in [5.41, 5.74) is 2.75. The molecule has 1 aromatic carbocycles. The third-order valence-corrected chi connectivity index (χ3v) is 3.02. The summed E-state index contributed by atoms with van der Waals surface area (Å²) in [5, 5.41) is 0.469. The van der Waals surface area contributed by atoms with E-state index in [1.807, 2.05) is 13.0 Å². The fourth-order valence-electron chi connectivity index (χ4n) is 1.84. The fraction of sp³-hybridized carbons (Fsp3) is 0.0769. The van der Waals surface area contributed by atoms with E-state index in [2.05, 4.69) is 15.0 Å². The Kier molecular flexibility index (Phi) is 2.52. The van der Waals surface area contributed by atoms with E-state index in [4.69, 9.17) is 11.6 Å². The highest BCUT2D eigenvalue weighted by Gasteiger charge is 2.12. The van der Waals surface area contributed by atoms with E-state index in [0.717, 1.165) is 11.1 Å². The van der Waals surface area contributed by atoms with Crippen LogP contribution >= 0.6 is 11.6 Å². The van der Waals surface area contributed by atoms with Crippen LogP contribution in [0.3, 0.4) is 0 Å². The minimum absolute atomic E-state index is 0.347. The number of nitrogens with one attached hydrogen (secondary N) is 1. The van der Waals surface area contributed by atoms with Gasteiger partial charge in [-0.15, -0.1) is 0 Å². The highest BCUT2D eigenvalue weighted by Crippen LogP contribution is 2.26. The molecule has 90 valence electrons. The number of aromatic nitrogens is 3. The van der Waals surface area contributed by atoms with E-state index < -0.39 is 0 Å². The molecule has 0 aliphatic carbocycles. The Hall–Kier alpha value is -1.94. The zero-order chi connectivity index (χ0) is 12.7. The van der Waals surface area contributed by atoms with Crippen molar-refractivity contribution in [2.45, 2.75) is 6.92 Å². The quantitative estimate of drug-likeness (QED) is 0.725. The van der Waals surface area contributed by atoms with Crippen LogP contribution < -0.4 is 0 Å². The molecule has 0 bridgehead atoms. The van der Waals surface area contributed by atoms with Gasteiger partial charge in [0.15, 0.2) is 5.65 Å². The van der Waals surface area contributed by atoms with E-state index in [1.165, 1.54) is 12.1 Å². The number of hydrogen-bond acceptors (Lipinski definition) is 2. The maximum atomic E-state index is 13.7. The Morgan fingerprint density at radius 3 is 2.89 bits per heavy atom. The van der Waals surface area contributed by atoms with E-state index in [0.29, 0.717) is 22.1 Å². The van der Waals surface area contributed by atoms with Gasteiger partial charge in [-0.25, -0.2) is 14.4 Å². The molecule has 0 saturated heterocycles. The first-order chi connectivity index (χ1) is 8.65. The third kappa shape index (κ3) is 1.75. The van der Waals surface area contributed by atoms with Gasteiger partial charge in [-0.05, 0) is 36.8 Å². The molecular formula is C13H9ClFN3. The van der Waals surface area contributed by atoms with Gasteiger partial charge in [0, 0.05) is 11.2 Å². The Bertz CT molecular complexity index is 736. The first kappa shape index (κ1) is 11.2. The minimum Gasteiger partial charge on any atom is -0.336 e. The highest BCUT2D eigenvalue weighted by atomic mass is 35.5. The summed E-state index contributed by atoms with van der Waals surface area (Å²) in [6.45, 7) is 1.94. The van der Waals surface area contributed by atoms with Gasteiger partial charge in [-0.3, -0.25) is 0 Å². The molecule has 18 heavy (non-hydrogen) atoms. The van der Waals surface area contributed by atoms with Gasteiger partial charge < -0.3 is 4.98 Å².